The molecular formula is C72H48N2O3P2. The minimum Gasteiger partial charge on any atom is -0.454 e. The van der Waals surface area contributed by atoms with Crippen molar-refractivity contribution in [3.8, 4) is 33.6 Å². The molecule has 374 valence electrons. The second kappa shape index (κ2) is 18.6. The first-order valence-electron chi connectivity index (χ1n) is 26.6. The Morgan fingerprint density at radius 3 is 0.810 bits per heavy atom. The molecule has 79 heavy (non-hydrogen) atoms. The van der Waals surface area contributed by atoms with Gasteiger partial charge in [0.25, 0.3) is 0 Å². The molecule has 15 rings (SSSR count). The molecule has 0 amide bonds. The van der Waals surface area contributed by atoms with Crippen LogP contribution in [0.2, 0.25) is 0 Å². The highest BCUT2D eigenvalue weighted by molar-refractivity contribution is 7.86. The van der Waals surface area contributed by atoms with Gasteiger partial charge >= 0.3 is 0 Å². The zero-order chi connectivity index (χ0) is 52.7. The fraction of sp³-hybridized carbons (Fsp3) is 0. The van der Waals surface area contributed by atoms with E-state index in [2.05, 4.69) is 179 Å². The van der Waals surface area contributed by atoms with Crippen molar-refractivity contribution in [3.05, 3.63) is 291 Å². The third-order valence-corrected chi connectivity index (χ3v) is 22.0. The van der Waals surface area contributed by atoms with Crippen molar-refractivity contribution in [1.29, 1.82) is 0 Å². The zero-order valence-electron chi connectivity index (χ0n) is 42.7. The Morgan fingerprint density at radius 2 is 0.519 bits per heavy atom. The van der Waals surface area contributed by atoms with Gasteiger partial charge in [0.2, 0.25) is 0 Å². The van der Waals surface area contributed by atoms with E-state index >= 15 is 9.13 Å². The van der Waals surface area contributed by atoms with Gasteiger partial charge in [-0.15, -0.1) is 0 Å². The van der Waals surface area contributed by atoms with Gasteiger partial charge in [0.05, 0.1) is 32.7 Å². The standard InChI is InChI=1S/C72H48N2O3P2/c75-78(55-21-5-1-6-22-55,56-23-7-2-8-24-56)69-47-51(49-37-41-53(42-38-49)73-65-33-17-13-29-59(65)60-30-14-18-34-66(60)73)45-63-64-46-52(50-39-43-54(44-40-50)74-67-35-19-15-31-61(67)62-32-16-20-36-68(62)74)48-70(72(64)77-71(63)69)79(76,57-25-9-3-10-26-57)58-27-11-4-12-28-58/h1-48H. The van der Waals surface area contributed by atoms with Crippen LogP contribution in [0, 0.1) is 0 Å². The molecule has 7 heteroatoms. The average Bonchev–Trinajstić information content (AvgIpc) is 4.42. The number of para-hydroxylation sites is 4. The minimum atomic E-state index is -3.70. The van der Waals surface area contributed by atoms with Crippen molar-refractivity contribution in [3.63, 3.8) is 0 Å². The number of fused-ring (bicyclic) bond motifs is 9. The van der Waals surface area contributed by atoms with Crippen molar-refractivity contribution < 1.29 is 13.5 Å². The van der Waals surface area contributed by atoms with Gasteiger partial charge in [0, 0.05) is 64.9 Å². The molecule has 0 saturated heterocycles. The van der Waals surface area contributed by atoms with E-state index in [1.807, 2.05) is 121 Å². The molecule has 0 aliphatic rings. The highest BCUT2D eigenvalue weighted by Crippen LogP contribution is 2.51. The summed E-state index contributed by atoms with van der Waals surface area (Å²) in [6.07, 6.45) is 0. The van der Waals surface area contributed by atoms with E-state index in [-0.39, 0.29) is 0 Å². The van der Waals surface area contributed by atoms with Gasteiger partial charge in [-0.25, -0.2) is 0 Å². The molecule has 12 aromatic carbocycles. The fourth-order valence-electron chi connectivity index (χ4n) is 12.2. The highest BCUT2D eigenvalue weighted by atomic mass is 31.2. The number of benzene rings is 12. The fourth-order valence-corrected chi connectivity index (χ4v) is 17.8. The SMILES string of the molecule is O=P(c1ccccc1)(c1ccccc1)c1cc(-c2ccc(-n3c4ccccc4c4ccccc43)cc2)cc2c1oc1c(P(=O)(c3ccccc3)c3ccccc3)cc(-c3ccc(-n4c5ccccc5c5ccccc54)cc3)cc12. The Labute approximate surface area is 456 Å². The summed E-state index contributed by atoms with van der Waals surface area (Å²) in [7, 11) is -7.41. The first-order chi connectivity index (χ1) is 38.9. The maximum atomic E-state index is 16.9. The molecule has 0 fully saturated rings. The number of hydrogen-bond donors (Lipinski definition) is 0. The van der Waals surface area contributed by atoms with E-state index in [1.165, 1.54) is 21.5 Å². The van der Waals surface area contributed by atoms with Crippen molar-refractivity contribution in [2.24, 2.45) is 0 Å². The van der Waals surface area contributed by atoms with Crippen LogP contribution in [-0.2, 0) is 9.13 Å². The van der Waals surface area contributed by atoms with Gasteiger partial charge in [0.15, 0.2) is 14.3 Å². The van der Waals surface area contributed by atoms with Gasteiger partial charge in [-0.2, -0.15) is 0 Å². The summed E-state index contributed by atoms with van der Waals surface area (Å²) < 4.78 is 45.9. The van der Waals surface area contributed by atoms with Crippen LogP contribution in [0.3, 0.4) is 0 Å². The summed E-state index contributed by atoms with van der Waals surface area (Å²) in [5, 5.41) is 10.2. The Kier molecular flexibility index (Phi) is 11.0. The first-order valence-corrected chi connectivity index (χ1v) is 30.0. The van der Waals surface area contributed by atoms with E-state index in [0.717, 1.165) is 66.5 Å². The molecule has 0 spiro atoms. The maximum Gasteiger partial charge on any atom is 0.174 e. The predicted octanol–water partition coefficient (Wildman–Crippen LogP) is 16.4. The number of hydrogen-bond acceptors (Lipinski definition) is 3. The third-order valence-electron chi connectivity index (χ3n) is 15.9. The predicted molar refractivity (Wildman–Crippen MR) is 332 cm³/mol. The van der Waals surface area contributed by atoms with E-state index in [0.29, 0.717) is 43.0 Å². The lowest BCUT2D eigenvalue weighted by Gasteiger charge is -2.21. The minimum absolute atomic E-state index is 0.490. The molecule has 0 saturated carbocycles. The molecule has 3 aromatic heterocycles. The first kappa shape index (κ1) is 46.8. The van der Waals surface area contributed by atoms with E-state index in [9.17, 15) is 0 Å². The second-order valence-electron chi connectivity index (χ2n) is 20.2. The summed E-state index contributed by atoms with van der Waals surface area (Å²) in [6, 6.07) is 99.1. The normalized spacial score (nSPS) is 12.2. The summed E-state index contributed by atoms with van der Waals surface area (Å²) in [5.74, 6) is 0. The maximum absolute atomic E-state index is 16.9. The molecule has 0 atom stereocenters. The van der Waals surface area contributed by atoms with E-state index < -0.39 is 14.3 Å². The summed E-state index contributed by atoms with van der Waals surface area (Å²) in [4.78, 5) is 0. The third kappa shape index (κ3) is 7.39. The van der Waals surface area contributed by atoms with E-state index in [1.54, 1.807) is 0 Å². The summed E-state index contributed by atoms with van der Waals surface area (Å²) in [5.41, 5.74) is 11.2. The van der Waals surface area contributed by atoms with Crippen LogP contribution >= 0.6 is 14.3 Å². The molecule has 15 aromatic rings. The van der Waals surface area contributed by atoms with Crippen molar-refractivity contribution >= 4 is 112 Å². The second-order valence-corrected chi connectivity index (χ2v) is 25.7. The summed E-state index contributed by atoms with van der Waals surface area (Å²) in [6.45, 7) is 0. The number of aromatic nitrogens is 2. The van der Waals surface area contributed by atoms with Crippen molar-refractivity contribution in [1.82, 2.24) is 9.13 Å². The topological polar surface area (TPSA) is 57.1 Å². The Morgan fingerprint density at radius 1 is 0.253 bits per heavy atom. The molecular weight excluding hydrogens is 1000 g/mol. The lowest BCUT2D eigenvalue weighted by Crippen LogP contribution is -2.26. The number of nitrogens with zero attached hydrogens (tertiary/aromatic N) is 2. The average molecular weight is 1050 g/mol. The van der Waals surface area contributed by atoms with Gasteiger partial charge in [-0.1, -0.05) is 218 Å². The van der Waals surface area contributed by atoms with Crippen LogP contribution in [0.5, 0.6) is 0 Å². The lowest BCUT2D eigenvalue weighted by molar-refractivity contribution is 0.592. The Bertz CT molecular complexity index is 4420. The quantitative estimate of drug-likeness (QED) is 0.128. The molecule has 0 bridgehead atoms. The van der Waals surface area contributed by atoms with Gasteiger partial charge < -0.3 is 22.7 Å². The summed E-state index contributed by atoms with van der Waals surface area (Å²) >= 11 is 0. The van der Waals surface area contributed by atoms with Crippen molar-refractivity contribution in [2.75, 3.05) is 0 Å². The zero-order valence-corrected chi connectivity index (χ0v) is 44.5. The molecule has 0 N–H and O–H groups in total. The highest BCUT2D eigenvalue weighted by Gasteiger charge is 2.37. The lowest BCUT2D eigenvalue weighted by atomic mass is 9.99. The van der Waals surface area contributed by atoms with Crippen LogP contribution in [0.15, 0.2) is 296 Å². The molecule has 5 nitrogen and oxygen atoms in total. The molecule has 3 heterocycles. The monoisotopic (exact) mass is 1050 g/mol. The van der Waals surface area contributed by atoms with Crippen molar-refractivity contribution in [2.45, 2.75) is 0 Å². The van der Waals surface area contributed by atoms with Gasteiger partial charge in [0.1, 0.15) is 11.2 Å². The molecule has 0 aliphatic heterocycles. The molecule has 0 unspecified atom stereocenters. The van der Waals surface area contributed by atoms with Gasteiger partial charge in [-0.3, -0.25) is 0 Å². The Hall–Kier alpha value is -9.50. The molecule has 0 radical (unpaired) electrons. The van der Waals surface area contributed by atoms with Crippen LogP contribution in [-0.4, -0.2) is 9.13 Å². The number of furan rings is 1. The smallest absolute Gasteiger partial charge is 0.174 e. The van der Waals surface area contributed by atoms with Crippen LogP contribution in [0.4, 0.5) is 0 Å². The van der Waals surface area contributed by atoms with Gasteiger partial charge in [-0.05, 0) is 95.1 Å². The van der Waals surface area contributed by atoms with Crippen LogP contribution in [0.1, 0.15) is 0 Å². The Balaban J connectivity index is 1.01. The van der Waals surface area contributed by atoms with Crippen LogP contribution in [0.25, 0.3) is 99.2 Å². The van der Waals surface area contributed by atoms with Crippen LogP contribution < -0.4 is 31.8 Å². The molecule has 0 aliphatic carbocycles. The largest absolute Gasteiger partial charge is 0.454 e. The van der Waals surface area contributed by atoms with E-state index in [4.69, 9.17) is 4.42 Å². The number of rotatable bonds is 10.